The first-order chi connectivity index (χ1) is 13.2. The first-order valence-electron chi connectivity index (χ1n) is 9.48. The van der Waals surface area contributed by atoms with Crippen LogP contribution in [-0.4, -0.2) is 55.7 Å². The van der Waals surface area contributed by atoms with Crippen LogP contribution in [0.4, 0.5) is 5.69 Å². The van der Waals surface area contributed by atoms with E-state index in [1.165, 1.54) is 10.6 Å². The molecule has 0 aliphatic carbocycles. The van der Waals surface area contributed by atoms with E-state index < -0.39 is 16.0 Å². The summed E-state index contributed by atoms with van der Waals surface area (Å²) in [7, 11) is -3.45. The van der Waals surface area contributed by atoms with Gasteiger partial charge in [-0.05, 0) is 43.4 Å². The van der Waals surface area contributed by atoms with Crippen molar-refractivity contribution < 1.29 is 23.1 Å². The molecule has 1 fully saturated rings. The van der Waals surface area contributed by atoms with Crippen LogP contribution < -0.4 is 4.31 Å². The molecule has 1 aromatic carbocycles. The van der Waals surface area contributed by atoms with Gasteiger partial charge < -0.3 is 10.0 Å². The second-order valence-corrected chi connectivity index (χ2v) is 9.37. The number of likely N-dealkylation sites (tertiary alicyclic amines) is 1. The largest absolute Gasteiger partial charge is 0.481 e. The molecular weight excluding hydrogens is 380 g/mol. The third-order valence-electron chi connectivity index (χ3n) is 5.59. The van der Waals surface area contributed by atoms with Gasteiger partial charge in [0.15, 0.2) is 0 Å². The molecule has 7 nitrogen and oxygen atoms in total. The van der Waals surface area contributed by atoms with Gasteiger partial charge in [-0.2, -0.15) is 0 Å². The summed E-state index contributed by atoms with van der Waals surface area (Å²) in [6.45, 7) is 2.76. The second-order valence-electron chi connectivity index (χ2n) is 7.51. The van der Waals surface area contributed by atoms with Crippen LogP contribution in [0.1, 0.15) is 38.2 Å². The van der Waals surface area contributed by atoms with Crippen LogP contribution in [0.15, 0.2) is 29.8 Å². The number of hydrogen-bond donors (Lipinski definition) is 1. The lowest BCUT2D eigenvalue weighted by atomic mass is 9.94. The van der Waals surface area contributed by atoms with Gasteiger partial charge >= 0.3 is 5.97 Å². The van der Waals surface area contributed by atoms with Gasteiger partial charge in [0.05, 0.1) is 23.9 Å². The molecule has 2 aliphatic heterocycles. The summed E-state index contributed by atoms with van der Waals surface area (Å²) in [5, 5.41) is 9.07. The predicted octanol–water partition coefficient (Wildman–Crippen LogP) is 2.34. The average Bonchev–Trinajstić information content (AvgIpc) is 2.65. The molecule has 28 heavy (non-hydrogen) atoms. The molecule has 0 bridgehead atoms. The molecule has 1 saturated heterocycles. The number of rotatable bonds is 5. The van der Waals surface area contributed by atoms with Crippen molar-refractivity contribution >= 4 is 33.7 Å². The zero-order chi connectivity index (χ0) is 20.5. The molecule has 0 aromatic heterocycles. The van der Waals surface area contributed by atoms with Gasteiger partial charge in [-0.3, -0.25) is 13.9 Å². The monoisotopic (exact) mass is 406 g/mol. The summed E-state index contributed by atoms with van der Waals surface area (Å²) < 4.78 is 26.1. The highest BCUT2D eigenvalue weighted by atomic mass is 32.2. The molecule has 0 spiro atoms. The molecule has 1 atom stereocenters. The maximum Gasteiger partial charge on any atom is 0.306 e. The summed E-state index contributed by atoms with van der Waals surface area (Å²) in [6, 6.07) is 6.99. The maximum absolute atomic E-state index is 12.6. The first kappa shape index (κ1) is 20.4. The zero-order valence-corrected chi connectivity index (χ0v) is 17.0. The molecule has 2 aliphatic rings. The van der Waals surface area contributed by atoms with Crippen LogP contribution in [0.2, 0.25) is 0 Å². The molecule has 0 radical (unpaired) electrons. The number of carboxylic acids is 1. The highest BCUT2D eigenvalue weighted by Crippen LogP contribution is 2.36. The second kappa shape index (κ2) is 7.95. The number of sulfonamides is 1. The number of fused-ring (bicyclic) bond motifs is 1. The van der Waals surface area contributed by atoms with E-state index in [-0.39, 0.29) is 24.3 Å². The lowest BCUT2D eigenvalue weighted by Gasteiger charge is -2.36. The molecule has 152 valence electrons. The fourth-order valence-electron chi connectivity index (χ4n) is 4.02. The van der Waals surface area contributed by atoms with E-state index in [4.69, 9.17) is 5.11 Å². The fraction of sp³-hybridized carbons (Fsp3) is 0.500. The minimum Gasteiger partial charge on any atom is -0.481 e. The average molecular weight is 407 g/mol. The van der Waals surface area contributed by atoms with Gasteiger partial charge in [-0.15, -0.1) is 0 Å². The lowest BCUT2D eigenvalue weighted by molar-refractivity contribution is -0.145. The highest BCUT2D eigenvalue weighted by Gasteiger charge is 2.32. The van der Waals surface area contributed by atoms with Gasteiger partial charge in [0, 0.05) is 19.5 Å². The lowest BCUT2D eigenvalue weighted by Crippen LogP contribution is -2.42. The number of carbonyl (C=O) groups excluding carboxylic acids is 1. The molecule has 3 rings (SSSR count). The summed E-state index contributed by atoms with van der Waals surface area (Å²) >= 11 is 0. The normalized spacial score (nSPS) is 20.5. The number of carboxylic acid groups (broad SMARTS) is 1. The minimum absolute atomic E-state index is 0.0123. The van der Waals surface area contributed by atoms with Crippen molar-refractivity contribution in [3.05, 3.63) is 35.4 Å². The Kier molecular flexibility index (Phi) is 5.79. The van der Waals surface area contributed by atoms with E-state index in [0.29, 0.717) is 38.0 Å². The van der Waals surface area contributed by atoms with Crippen molar-refractivity contribution in [3.8, 4) is 0 Å². The van der Waals surface area contributed by atoms with E-state index in [0.717, 1.165) is 11.1 Å². The van der Waals surface area contributed by atoms with Crippen LogP contribution in [0.25, 0.3) is 6.08 Å². The number of aliphatic carboxylic acids is 1. The van der Waals surface area contributed by atoms with Crippen molar-refractivity contribution in [1.82, 2.24) is 4.90 Å². The maximum atomic E-state index is 12.6. The quantitative estimate of drug-likeness (QED) is 0.810. The third kappa shape index (κ3) is 4.22. The van der Waals surface area contributed by atoms with Crippen molar-refractivity contribution in [2.45, 2.75) is 38.6 Å². The third-order valence-corrected chi connectivity index (χ3v) is 6.81. The molecule has 1 aromatic rings. The Balaban J connectivity index is 1.70. The summed E-state index contributed by atoms with van der Waals surface area (Å²) in [6.07, 6.45) is 4.89. The van der Waals surface area contributed by atoms with Crippen molar-refractivity contribution in [2.24, 2.45) is 5.92 Å². The first-order valence-corrected chi connectivity index (χ1v) is 11.3. The van der Waals surface area contributed by atoms with E-state index in [9.17, 15) is 18.0 Å². The molecule has 1 N–H and O–H groups in total. The number of amides is 1. The molecule has 0 unspecified atom stereocenters. The Morgan fingerprint density at radius 2 is 1.82 bits per heavy atom. The van der Waals surface area contributed by atoms with Crippen LogP contribution in [0.3, 0.4) is 0 Å². The smallest absolute Gasteiger partial charge is 0.306 e. The van der Waals surface area contributed by atoms with Crippen molar-refractivity contribution in [2.75, 3.05) is 23.7 Å². The van der Waals surface area contributed by atoms with Gasteiger partial charge in [-0.25, -0.2) is 8.42 Å². The highest BCUT2D eigenvalue weighted by molar-refractivity contribution is 7.92. The Morgan fingerprint density at radius 3 is 2.43 bits per heavy atom. The van der Waals surface area contributed by atoms with Crippen LogP contribution in [0, 0.1) is 5.92 Å². The van der Waals surface area contributed by atoms with Gasteiger partial charge in [0.25, 0.3) is 0 Å². The number of piperidine rings is 1. The van der Waals surface area contributed by atoms with Gasteiger partial charge in [0.1, 0.15) is 0 Å². The van der Waals surface area contributed by atoms with E-state index >= 15 is 0 Å². The number of carbonyl (C=O) groups is 2. The number of para-hydroxylation sites is 1. The number of hydrogen-bond acceptors (Lipinski definition) is 4. The number of anilines is 1. The Bertz CT molecular complexity index is 901. The Hall–Kier alpha value is -2.35. The Labute approximate surface area is 165 Å². The molecule has 8 heteroatoms. The molecule has 2 heterocycles. The molecule has 0 saturated carbocycles. The summed E-state index contributed by atoms with van der Waals surface area (Å²) in [4.78, 5) is 25.3. The number of nitrogens with zero attached hydrogens (tertiary/aromatic N) is 2. The van der Waals surface area contributed by atoms with Crippen LogP contribution >= 0.6 is 0 Å². The van der Waals surface area contributed by atoms with E-state index in [1.807, 2.05) is 31.2 Å². The molecule has 1 amide bonds. The standard InChI is InChI=1S/C20H26N2O5S/c1-14-16(7-8-19(23)21-11-9-15(10-12-21)20(24)25)13-17-5-3-4-6-18(17)22(14)28(2,26)27/h3-6,13-15H,7-12H2,1-2H3,(H,24,25)/t14-/m1/s1. The zero-order valence-electron chi connectivity index (χ0n) is 16.2. The van der Waals surface area contributed by atoms with Gasteiger partial charge in [-0.1, -0.05) is 24.3 Å². The van der Waals surface area contributed by atoms with Crippen molar-refractivity contribution in [3.63, 3.8) is 0 Å². The fourth-order valence-corrected chi connectivity index (χ4v) is 5.26. The topological polar surface area (TPSA) is 95.0 Å². The van der Waals surface area contributed by atoms with Crippen molar-refractivity contribution in [1.29, 1.82) is 0 Å². The Morgan fingerprint density at radius 1 is 1.18 bits per heavy atom. The van der Waals surface area contributed by atoms with Crippen LogP contribution in [0.5, 0.6) is 0 Å². The van der Waals surface area contributed by atoms with Crippen LogP contribution in [-0.2, 0) is 19.6 Å². The van der Waals surface area contributed by atoms with Gasteiger partial charge in [0.2, 0.25) is 15.9 Å². The van der Waals surface area contributed by atoms with E-state index in [2.05, 4.69) is 0 Å². The summed E-state index contributed by atoms with van der Waals surface area (Å²) in [5.74, 6) is -1.18. The molecular formula is C20H26N2O5S. The van der Waals surface area contributed by atoms with E-state index in [1.54, 1.807) is 11.0 Å². The number of benzene rings is 1. The SMILES string of the molecule is C[C@@H]1C(CCC(=O)N2CCC(C(=O)O)CC2)=Cc2ccccc2N1S(C)(=O)=O. The predicted molar refractivity (Wildman–Crippen MR) is 107 cm³/mol. The summed E-state index contributed by atoms with van der Waals surface area (Å²) in [5.41, 5.74) is 2.39. The minimum atomic E-state index is -3.45.